The van der Waals surface area contributed by atoms with Crippen LogP contribution in [0.1, 0.15) is 16.1 Å². The van der Waals surface area contributed by atoms with E-state index in [1.165, 1.54) is 5.39 Å². The lowest BCUT2D eigenvalue weighted by Gasteiger charge is -2.13. The van der Waals surface area contributed by atoms with Crippen LogP contribution in [0.4, 0.5) is 11.4 Å². The Kier molecular flexibility index (Phi) is 6.53. The molecule has 0 aliphatic carbocycles. The Hall–Kier alpha value is -4.94. The number of hydrogen-bond acceptors (Lipinski definition) is 3. The first-order valence-electron chi connectivity index (χ1n) is 12.5. The second-order valence-corrected chi connectivity index (χ2v) is 9.61. The van der Waals surface area contributed by atoms with E-state index in [1.807, 2.05) is 48.5 Å². The van der Waals surface area contributed by atoms with Crippen LogP contribution in [0.3, 0.4) is 0 Å². The molecule has 0 unspecified atom stereocenters. The number of nitrogens with zero attached hydrogens (tertiary/aromatic N) is 2. The molecule has 2 aromatic heterocycles. The average Bonchev–Trinajstić information content (AvgIpc) is 3.59. The summed E-state index contributed by atoms with van der Waals surface area (Å²) in [5, 5.41) is 4.47. The second kappa shape index (κ2) is 10.4. The van der Waals surface area contributed by atoms with Crippen molar-refractivity contribution < 1.29 is 9.53 Å². The van der Waals surface area contributed by atoms with E-state index >= 15 is 0 Å². The van der Waals surface area contributed by atoms with Gasteiger partial charge in [0.15, 0.2) is 0 Å². The molecule has 3 N–H and O–H groups in total. The lowest BCUT2D eigenvalue weighted by molar-refractivity contribution is 0.102. The number of nitrogens with two attached hydrogens (primary N) is 1. The van der Waals surface area contributed by atoms with Crippen LogP contribution >= 0.6 is 11.6 Å². The number of carbonyl (C=O) groups excluding carboxylic acids is 1. The van der Waals surface area contributed by atoms with Crippen molar-refractivity contribution in [1.82, 2.24) is 9.13 Å². The molecule has 0 saturated carbocycles. The number of nitrogen functional groups attached to an aromatic ring is 1. The zero-order chi connectivity index (χ0) is 26.8. The summed E-state index contributed by atoms with van der Waals surface area (Å²) in [5.41, 5.74) is 10.8. The van der Waals surface area contributed by atoms with Gasteiger partial charge in [0.2, 0.25) is 0 Å². The van der Waals surface area contributed by atoms with Crippen molar-refractivity contribution in [1.29, 1.82) is 0 Å². The Morgan fingerprint density at radius 1 is 0.846 bits per heavy atom. The van der Waals surface area contributed by atoms with E-state index in [0.29, 0.717) is 33.5 Å². The largest absolute Gasteiger partial charge is 0.456 e. The van der Waals surface area contributed by atoms with Crippen molar-refractivity contribution in [3.8, 4) is 17.2 Å². The van der Waals surface area contributed by atoms with Gasteiger partial charge >= 0.3 is 0 Å². The number of halogens is 1. The molecule has 0 saturated heterocycles. The number of aromatic nitrogens is 2. The summed E-state index contributed by atoms with van der Waals surface area (Å²) >= 11 is 6.43. The van der Waals surface area contributed by atoms with E-state index in [4.69, 9.17) is 22.1 Å². The van der Waals surface area contributed by atoms with Crippen LogP contribution in [0, 0.1) is 0 Å². The standard InChI is InChI=1S/C32H25ClN4O2/c33-29-20-25(11-16-31(29)39-28-14-9-24(34)10-15-28)35-32(38)22-7-12-26(13-8-22)37-27(21-36-17-3-4-18-36)19-23-5-1-2-6-30(23)37/h1-20H,21,34H2,(H,35,38). The normalized spacial score (nSPS) is 11.0. The number of fused-ring (bicyclic) bond motifs is 1. The molecule has 2 heterocycles. The number of nitrogens with one attached hydrogen (secondary N) is 1. The molecule has 6 nitrogen and oxygen atoms in total. The van der Waals surface area contributed by atoms with Crippen molar-refractivity contribution in [2.45, 2.75) is 6.54 Å². The smallest absolute Gasteiger partial charge is 0.255 e. The van der Waals surface area contributed by atoms with Gasteiger partial charge in [-0.3, -0.25) is 4.79 Å². The van der Waals surface area contributed by atoms with Crippen LogP contribution in [0.5, 0.6) is 11.5 Å². The molecule has 0 aliphatic heterocycles. The topological polar surface area (TPSA) is 74.2 Å². The summed E-state index contributed by atoms with van der Waals surface area (Å²) in [6, 6.07) is 34.4. The average molecular weight is 533 g/mol. The maximum absolute atomic E-state index is 13.0. The maximum atomic E-state index is 13.0. The highest BCUT2D eigenvalue weighted by Crippen LogP contribution is 2.32. The molecule has 192 valence electrons. The van der Waals surface area contributed by atoms with Gasteiger partial charge < -0.3 is 24.9 Å². The quantitative estimate of drug-likeness (QED) is 0.206. The Labute approximate surface area is 230 Å². The number of benzene rings is 4. The molecule has 0 atom stereocenters. The molecular formula is C32H25ClN4O2. The van der Waals surface area contributed by atoms with E-state index in [9.17, 15) is 4.79 Å². The summed E-state index contributed by atoms with van der Waals surface area (Å²) in [5.74, 6) is 0.878. The molecule has 6 rings (SSSR count). The minimum atomic E-state index is -0.227. The molecule has 0 radical (unpaired) electrons. The minimum absolute atomic E-state index is 0.227. The number of hydrogen-bond donors (Lipinski definition) is 2. The number of para-hydroxylation sites is 1. The zero-order valence-corrected chi connectivity index (χ0v) is 21.7. The third kappa shape index (κ3) is 5.23. The first-order chi connectivity index (χ1) is 19.0. The van der Waals surface area contributed by atoms with Crippen LogP contribution in [-0.2, 0) is 6.54 Å². The van der Waals surface area contributed by atoms with Gasteiger partial charge in [0.1, 0.15) is 11.5 Å². The molecule has 1 amide bonds. The molecular weight excluding hydrogens is 508 g/mol. The van der Waals surface area contributed by atoms with E-state index in [0.717, 1.165) is 23.4 Å². The first kappa shape index (κ1) is 24.4. The summed E-state index contributed by atoms with van der Waals surface area (Å²) in [7, 11) is 0. The van der Waals surface area contributed by atoms with E-state index in [2.05, 4.69) is 45.0 Å². The van der Waals surface area contributed by atoms with Crippen molar-refractivity contribution in [2.24, 2.45) is 0 Å². The van der Waals surface area contributed by atoms with Crippen molar-refractivity contribution in [3.05, 3.63) is 138 Å². The van der Waals surface area contributed by atoms with Crippen LogP contribution in [0.25, 0.3) is 16.6 Å². The molecule has 7 heteroatoms. The number of rotatable bonds is 7. The molecule has 0 fully saturated rings. The Morgan fingerprint density at radius 2 is 1.59 bits per heavy atom. The summed E-state index contributed by atoms with van der Waals surface area (Å²) in [4.78, 5) is 13.0. The summed E-state index contributed by atoms with van der Waals surface area (Å²) in [6.07, 6.45) is 4.11. The lowest BCUT2D eigenvalue weighted by Crippen LogP contribution is -2.12. The van der Waals surface area contributed by atoms with Gasteiger partial charge in [-0.15, -0.1) is 0 Å². The van der Waals surface area contributed by atoms with Gasteiger partial charge in [-0.1, -0.05) is 29.8 Å². The third-order valence-electron chi connectivity index (χ3n) is 6.48. The van der Waals surface area contributed by atoms with Crippen LogP contribution in [0.2, 0.25) is 5.02 Å². The number of ether oxygens (including phenoxy) is 1. The van der Waals surface area contributed by atoms with Gasteiger partial charge in [-0.25, -0.2) is 0 Å². The zero-order valence-electron chi connectivity index (χ0n) is 20.9. The van der Waals surface area contributed by atoms with Crippen molar-refractivity contribution in [2.75, 3.05) is 11.1 Å². The van der Waals surface area contributed by atoms with Gasteiger partial charge in [-0.05, 0) is 91.0 Å². The number of amides is 1. The predicted octanol–water partition coefficient (Wildman–Crippen LogP) is 7.76. The fourth-order valence-corrected chi connectivity index (χ4v) is 4.80. The lowest BCUT2D eigenvalue weighted by atomic mass is 10.1. The van der Waals surface area contributed by atoms with E-state index in [-0.39, 0.29) is 5.91 Å². The second-order valence-electron chi connectivity index (χ2n) is 9.20. The predicted molar refractivity (Wildman–Crippen MR) is 157 cm³/mol. The van der Waals surface area contributed by atoms with Crippen LogP contribution in [0.15, 0.2) is 122 Å². The number of carbonyl (C=O) groups is 1. The molecule has 0 aliphatic rings. The highest BCUT2D eigenvalue weighted by Gasteiger charge is 2.13. The van der Waals surface area contributed by atoms with E-state index in [1.54, 1.807) is 42.5 Å². The fourth-order valence-electron chi connectivity index (χ4n) is 4.59. The maximum Gasteiger partial charge on any atom is 0.255 e. The highest BCUT2D eigenvalue weighted by atomic mass is 35.5. The van der Waals surface area contributed by atoms with Crippen LogP contribution < -0.4 is 15.8 Å². The Balaban J connectivity index is 1.20. The Bertz CT molecular complexity index is 1760. The molecule has 39 heavy (non-hydrogen) atoms. The SMILES string of the molecule is Nc1ccc(Oc2ccc(NC(=O)c3ccc(-n4c(Cn5cccc5)cc5ccccc54)cc3)cc2Cl)cc1. The Morgan fingerprint density at radius 3 is 2.33 bits per heavy atom. The van der Waals surface area contributed by atoms with Crippen molar-refractivity contribution in [3.63, 3.8) is 0 Å². The summed E-state index contributed by atoms with van der Waals surface area (Å²) in [6.45, 7) is 0.739. The minimum Gasteiger partial charge on any atom is -0.456 e. The van der Waals surface area contributed by atoms with Gasteiger partial charge in [0.05, 0.1) is 17.1 Å². The van der Waals surface area contributed by atoms with Crippen molar-refractivity contribution >= 4 is 39.8 Å². The van der Waals surface area contributed by atoms with Gasteiger partial charge in [-0.2, -0.15) is 0 Å². The third-order valence-corrected chi connectivity index (χ3v) is 6.78. The first-order valence-corrected chi connectivity index (χ1v) is 12.9. The fraction of sp³-hybridized carbons (Fsp3) is 0.0312. The molecule has 4 aromatic carbocycles. The van der Waals surface area contributed by atoms with E-state index < -0.39 is 0 Å². The molecule has 0 spiro atoms. The monoisotopic (exact) mass is 532 g/mol. The molecule has 0 bridgehead atoms. The van der Waals surface area contributed by atoms with Gasteiger partial charge in [0, 0.05) is 46.1 Å². The highest BCUT2D eigenvalue weighted by molar-refractivity contribution is 6.32. The van der Waals surface area contributed by atoms with Crippen LogP contribution in [-0.4, -0.2) is 15.0 Å². The number of anilines is 2. The molecule has 6 aromatic rings. The summed E-state index contributed by atoms with van der Waals surface area (Å²) < 4.78 is 10.2. The van der Waals surface area contributed by atoms with Gasteiger partial charge in [0.25, 0.3) is 5.91 Å².